The molecule has 0 aliphatic carbocycles. The average molecular weight is 496 g/mol. The molecule has 34 heavy (non-hydrogen) atoms. The van der Waals surface area contributed by atoms with E-state index in [0.717, 1.165) is 25.9 Å². The molecule has 2 atom stereocenters. The van der Waals surface area contributed by atoms with Crippen molar-refractivity contribution >= 4 is 31.5 Å². The Labute approximate surface area is 210 Å². The fourth-order valence-electron chi connectivity index (χ4n) is 4.48. The standard InChI is InChI=1S/C25H39N3O5.H2S/c1-5-25(13-6-7-15-28(4)17-25)19-10-8-11-20(16-19)33-24(32)26-14-9-12-21(29)27-22(18(2)3)23(30)31;/h8,10-11,16,18,22H,5-7,9,12-15,17H2,1-4H3,(H,26,32)(H,27,29)(H,30,31);1H2. The van der Waals surface area contributed by atoms with Gasteiger partial charge in [-0.15, -0.1) is 0 Å². The zero-order valence-corrected chi connectivity index (χ0v) is 21.9. The number of carboxylic acid groups (broad SMARTS) is 1. The Morgan fingerprint density at radius 3 is 2.62 bits per heavy atom. The van der Waals surface area contributed by atoms with Gasteiger partial charge in [0.05, 0.1) is 0 Å². The highest BCUT2D eigenvalue weighted by atomic mass is 32.1. The number of nitrogens with one attached hydrogen (secondary N) is 2. The molecule has 8 nitrogen and oxygen atoms in total. The highest BCUT2D eigenvalue weighted by Crippen LogP contribution is 2.37. The van der Waals surface area contributed by atoms with Crippen molar-refractivity contribution in [1.29, 1.82) is 0 Å². The third kappa shape index (κ3) is 8.83. The van der Waals surface area contributed by atoms with Crippen LogP contribution in [0.15, 0.2) is 24.3 Å². The van der Waals surface area contributed by atoms with Crippen molar-refractivity contribution in [3.8, 4) is 5.75 Å². The van der Waals surface area contributed by atoms with Crippen LogP contribution in [0.3, 0.4) is 0 Å². The van der Waals surface area contributed by atoms with Crippen molar-refractivity contribution in [2.45, 2.75) is 70.8 Å². The summed E-state index contributed by atoms with van der Waals surface area (Å²) in [5.41, 5.74) is 1.25. The van der Waals surface area contributed by atoms with E-state index >= 15 is 0 Å². The Kier molecular flexibility index (Phi) is 12.4. The summed E-state index contributed by atoms with van der Waals surface area (Å²) < 4.78 is 5.49. The maximum absolute atomic E-state index is 12.2. The number of likely N-dealkylation sites (tertiary alicyclic amines) is 1. The first-order valence-electron chi connectivity index (χ1n) is 11.9. The van der Waals surface area contributed by atoms with Crippen molar-refractivity contribution in [2.75, 3.05) is 26.7 Å². The number of nitrogens with zero attached hydrogens (tertiary/aromatic N) is 1. The molecule has 0 aromatic heterocycles. The molecule has 9 heteroatoms. The third-order valence-corrected chi connectivity index (χ3v) is 6.45. The second-order valence-electron chi connectivity index (χ2n) is 9.40. The van der Waals surface area contributed by atoms with Gasteiger partial charge in [0.2, 0.25) is 5.91 Å². The normalized spacial score (nSPS) is 19.4. The molecule has 192 valence electrons. The van der Waals surface area contributed by atoms with Crippen molar-refractivity contribution in [1.82, 2.24) is 15.5 Å². The van der Waals surface area contributed by atoms with Crippen LogP contribution in [-0.2, 0) is 15.0 Å². The number of aliphatic carboxylic acids is 1. The molecule has 2 unspecified atom stereocenters. The largest absolute Gasteiger partial charge is 0.480 e. The molecule has 1 saturated heterocycles. The summed E-state index contributed by atoms with van der Waals surface area (Å²) in [5.74, 6) is -1.11. The van der Waals surface area contributed by atoms with E-state index in [1.807, 2.05) is 12.1 Å². The number of rotatable bonds is 10. The molecule has 0 spiro atoms. The number of amides is 2. The van der Waals surface area contributed by atoms with E-state index in [4.69, 9.17) is 9.84 Å². The number of hydrogen-bond donors (Lipinski definition) is 3. The zero-order chi connectivity index (χ0) is 24.4. The van der Waals surface area contributed by atoms with Gasteiger partial charge in [0.1, 0.15) is 11.8 Å². The minimum Gasteiger partial charge on any atom is -0.480 e. The van der Waals surface area contributed by atoms with Gasteiger partial charge in [-0.2, -0.15) is 13.5 Å². The van der Waals surface area contributed by atoms with Crippen LogP contribution in [0.5, 0.6) is 5.75 Å². The topological polar surface area (TPSA) is 108 Å². The molecule has 0 radical (unpaired) electrons. The number of likely N-dealkylation sites (N-methyl/N-ethyl adjacent to an activating group) is 1. The van der Waals surface area contributed by atoms with Crippen molar-refractivity contribution in [3.63, 3.8) is 0 Å². The lowest BCUT2D eigenvalue weighted by Crippen LogP contribution is -2.44. The van der Waals surface area contributed by atoms with E-state index < -0.39 is 18.1 Å². The highest BCUT2D eigenvalue weighted by molar-refractivity contribution is 7.59. The molecule has 1 fully saturated rings. The lowest BCUT2D eigenvalue weighted by atomic mass is 9.74. The van der Waals surface area contributed by atoms with E-state index in [1.165, 1.54) is 18.4 Å². The van der Waals surface area contributed by atoms with Crippen LogP contribution in [0.4, 0.5) is 4.79 Å². The molecule has 3 N–H and O–H groups in total. The van der Waals surface area contributed by atoms with E-state index in [9.17, 15) is 14.4 Å². The van der Waals surface area contributed by atoms with Crippen LogP contribution in [-0.4, -0.2) is 60.7 Å². The molecular formula is C25H41N3O5S. The average Bonchev–Trinajstić information content (AvgIpc) is 2.96. The molecular weight excluding hydrogens is 454 g/mol. The minimum absolute atomic E-state index is 0. The number of carbonyl (C=O) groups excluding carboxylic acids is 2. The lowest BCUT2D eigenvalue weighted by Gasteiger charge is -2.35. The van der Waals surface area contributed by atoms with Crippen molar-refractivity contribution < 1.29 is 24.2 Å². The quantitative estimate of drug-likeness (QED) is 0.428. The van der Waals surface area contributed by atoms with Crippen molar-refractivity contribution in [2.24, 2.45) is 5.92 Å². The summed E-state index contributed by atoms with van der Waals surface area (Å²) in [6.07, 6.45) is 4.46. The molecule has 1 heterocycles. The number of hydrogen-bond acceptors (Lipinski definition) is 5. The van der Waals surface area contributed by atoms with Crippen LogP contribution in [0.1, 0.15) is 64.9 Å². The summed E-state index contributed by atoms with van der Waals surface area (Å²) in [6.45, 7) is 8.04. The predicted molar refractivity (Wildman–Crippen MR) is 138 cm³/mol. The molecule has 1 aliphatic heterocycles. The minimum atomic E-state index is -1.05. The molecule has 1 aliphatic rings. The van der Waals surface area contributed by atoms with Crippen molar-refractivity contribution in [3.05, 3.63) is 29.8 Å². The van der Waals surface area contributed by atoms with E-state index in [0.29, 0.717) is 12.2 Å². The fourth-order valence-corrected chi connectivity index (χ4v) is 4.48. The Morgan fingerprint density at radius 2 is 1.97 bits per heavy atom. The Bertz CT molecular complexity index is 819. The predicted octanol–water partition coefficient (Wildman–Crippen LogP) is 3.66. The molecule has 0 bridgehead atoms. The summed E-state index contributed by atoms with van der Waals surface area (Å²) in [6, 6.07) is 6.87. The van der Waals surface area contributed by atoms with Gasteiger partial charge in [0.15, 0.2) is 0 Å². The van der Waals surface area contributed by atoms with Crippen LogP contribution >= 0.6 is 13.5 Å². The van der Waals surface area contributed by atoms with Gasteiger partial charge in [0, 0.05) is 24.9 Å². The first kappa shape index (κ1) is 29.8. The first-order valence-corrected chi connectivity index (χ1v) is 11.9. The van der Waals surface area contributed by atoms with E-state index in [-0.39, 0.29) is 43.7 Å². The van der Waals surface area contributed by atoms with Gasteiger partial charge in [-0.25, -0.2) is 9.59 Å². The van der Waals surface area contributed by atoms with Crippen LogP contribution in [0.2, 0.25) is 0 Å². The smallest absolute Gasteiger partial charge is 0.412 e. The maximum Gasteiger partial charge on any atom is 0.412 e. The Balaban J connectivity index is 0.00000578. The van der Waals surface area contributed by atoms with Gasteiger partial charge in [-0.05, 0) is 62.9 Å². The summed E-state index contributed by atoms with van der Waals surface area (Å²) >= 11 is 0. The summed E-state index contributed by atoms with van der Waals surface area (Å²) in [4.78, 5) is 37.8. The van der Waals surface area contributed by atoms with E-state index in [1.54, 1.807) is 19.9 Å². The fraction of sp³-hybridized carbons (Fsp3) is 0.640. The van der Waals surface area contributed by atoms with Gasteiger partial charge in [-0.3, -0.25) is 4.79 Å². The van der Waals surface area contributed by atoms with Crippen LogP contribution in [0, 0.1) is 5.92 Å². The van der Waals surface area contributed by atoms with Gasteiger partial charge in [0.25, 0.3) is 0 Å². The van der Waals surface area contributed by atoms with Gasteiger partial charge in [-0.1, -0.05) is 39.3 Å². The number of benzene rings is 1. The first-order chi connectivity index (χ1) is 15.7. The Morgan fingerprint density at radius 1 is 1.24 bits per heavy atom. The molecule has 2 rings (SSSR count). The van der Waals surface area contributed by atoms with Crippen LogP contribution in [0.25, 0.3) is 0 Å². The number of carbonyl (C=O) groups is 3. The molecule has 0 saturated carbocycles. The number of ether oxygens (including phenoxy) is 1. The lowest BCUT2D eigenvalue weighted by molar-refractivity contribution is -0.143. The SMILES string of the molecule is CCC1(c2cccc(OC(=O)NCCCC(=O)NC(C(=O)O)C(C)C)c2)CCCCN(C)C1.S. The monoisotopic (exact) mass is 495 g/mol. The Hall–Kier alpha value is -2.26. The highest BCUT2D eigenvalue weighted by Gasteiger charge is 2.33. The third-order valence-electron chi connectivity index (χ3n) is 6.45. The van der Waals surface area contributed by atoms with E-state index in [2.05, 4.69) is 35.6 Å². The van der Waals surface area contributed by atoms with Gasteiger partial charge < -0.3 is 25.4 Å². The molecule has 1 aromatic carbocycles. The molecule has 1 aromatic rings. The summed E-state index contributed by atoms with van der Waals surface area (Å²) in [7, 11) is 2.16. The number of carboxylic acids is 1. The maximum atomic E-state index is 12.2. The van der Waals surface area contributed by atoms with Gasteiger partial charge >= 0.3 is 12.1 Å². The zero-order valence-electron chi connectivity index (χ0n) is 20.9. The summed E-state index contributed by atoms with van der Waals surface area (Å²) in [5, 5.41) is 14.3. The second kappa shape index (κ2) is 14.2. The molecule has 2 amide bonds. The second-order valence-corrected chi connectivity index (χ2v) is 9.40. The van der Waals surface area contributed by atoms with Crippen LogP contribution < -0.4 is 15.4 Å².